The van der Waals surface area contributed by atoms with Gasteiger partial charge in [0.25, 0.3) is 0 Å². The molecule has 4 rings (SSSR count). The van der Waals surface area contributed by atoms with Crippen molar-refractivity contribution in [1.82, 2.24) is 9.97 Å². The molecule has 1 aromatic carbocycles. The van der Waals surface area contributed by atoms with E-state index in [1.165, 1.54) is 24.3 Å². The Morgan fingerprint density at radius 2 is 1.93 bits per heavy atom. The van der Waals surface area contributed by atoms with Gasteiger partial charge in [-0.25, -0.2) is 15.8 Å². The molecule has 1 saturated carbocycles. The van der Waals surface area contributed by atoms with Gasteiger partial charge in [0.05, 0.1) is 11.9 Å². The average Bonchev–Trinajstić information content (AvgIpc) is 2.86. The monoisotopic (exact) mass is 368 g/mol. The van der Waals surface area contributed by atoms with Crippen molar-refractivity contribution in [3.63, 3.8) is 0 Å². The van der Waals surface area contributed by atoms with Crippen LogP contribution in [-0.2, 0) is 4.79 Å². The van der Waals surface area contributed by atoms with Gasteiger partial charge >= 0.3 is 0 Å². The Morgan fingerprint density at radius 1 is 1.19 bits per heavy atom. The molecule has 142 valence electrons. The van der Waals surface area contributed by atoms with Crippen molar-refractivity contribution in [2.24, 2.45) is 5.84 Å². The number of carbonyl (C=O) groups excluding carboxylic acids is 1. The van der Waals surface area contributed by atoms with E-state index in [0.717, 1.165) is 18.7 Å². The number of hydrogen-bond acceptors (Lipinski definition) is 7. The number of anilines is 4. The molecule has 4 N–H and O–H groups in total. The third-order valence-corrected chi connectivity index (χ3v) is 5.24. The van der Waals surface area contributed by atoms with Crippen molar-refractivity contribution in [2.45, 2.75) is 44.6 Å². The second-order valence-corrected chi connectivity index (χ2v) is 7.08. The summed E-state index contributed by atoms with van der Waals surface area (Å²) in [5, 5.41) is 13.8. The van der Waals surface area contributed by atoms with Crippen LogP contribution in [0.4, 0.5) is 23.1 Å². The predicted octanol–water partition coefficient (Wildman–Crippen LogP) is 2.68. The van der Waals surface area contributed by atoms with Gasteiger partial charge < -0.3 is 15.3 Å². The van der Waals surface area contributed by atoms with Gasteiger partial charge in [0.15, 0.2) is 5.82 Å². The lowest BCUT2D eigenvalue weighted by Gasteiger charge is -2.35. The first-order valence-corrected chi connectivity index (χ1v) is 9.39. The zero-order chi connectivity index (χ0) is 18.8. The van der Waals surface area contributed by atoms with Gasteiger partial charge in [0, 0.05) is 19.0 Å². The number of carbonyl (C=O) groups is 1. The topological polar surface area (TPSA) is 108 Å². The third-order valence-electron chi connectivity index (χ3n) is 5.24. The first-order valence-electron chi connectivity index (χ1n) is 9.39. The normalized spacial score (nSPS) is 17.8. The molecule has 2 heterocycles. The van der Waals surface area contributed by atoms with Gasteiger partial charge in [0.2, 0.25) is 11.9 Å². The van der Waals surface area contributed by atoms with Gasteiger partial charge in [-0.15, -0.1) is 0 Å². The number of benzene rings is 1. The highest BCUT2D eigenvalue weighted by atomic mass is 16.3. The van der Waals surface area contributed by atoms with Gasteiger partial charge in [0.1, 0.15) is 11.4 Å². The standard InChI is InChI=1S/C19H24N6O2/c20-25(14-6-8-15(26)9-7-14)19-21-12-16-18(23-19)24(11-10-17(27)22-16)13-4-2-1-3-5-13/h6-9,12-13,26H,1-5,10-11,20H2,(H,22,27). The van der Waals surface area contributed by atoms with E-state index < -0.39 is 0 Å². The van der Waals surface area contributed by atoms with Crippen LogP contribution in [0.1, 0.15) is 38.5 Å². The molecule has 1 fully saturated rings. The third kappa shape index (κ3) is 3.66. The molecular formula is C19H24N6O2. The maximum Gasteiger partial charge on any atom is 0.246 e. The molecule has 0 bridgehead atoms. The number of nitrogens with one attached hydrogen (secondary N) is 1. The second kappa shape index (κ2) is 7.40. The van der Waals surface area contributed by atoms with E-state index in [2.05, 4.69) is 15.2 Å². The number of nitrogens with two attached hydrogens (primary N) is 1. The van der Waals surface area contributed by atoms with E-state index in [1.54, 1.807) is 30.5 Å². The summed E-state index contributed by atoms with van der Waals surface area (Å²) in [5.41, 5.74) is 1.29. The molecule has 2 aliphatic rings. The Hall–Kier alpha value is -2.87. The Kier molecular flexibility index (Phi) is 4.81. The van der Waals surface area contributed by atoms with E-state index in [1.807, 2.05) is 0 Å². The molecule has 1 aliphatic heterocycles. The van der Waals surface area contributed by atoms with Gasteiger partial charge in [-0.1, -0.05) is 19.3 Å². The van der Waals surface area contributed by atoms with E-state index in [4.69, 9.17) is 10.8 Å². The van der Waals surface area contributed by atoms with Crippen LogP contribution < -0.4 is 21.1 Å². The van der Waals surface area contributed by atoms with Crippen LogP contribution >= 0.6 is 0 Å². The number of rotatable bonds is 3. The summed E-state index contributed by atoms with van der Waals surface area (Å²) in [6.45, 7) is 0.643. The Balaban J connectivity index is 1.69. The number of aromatic nitrogens is 2. The maximum absolute atomic E-state index is 12.1. The fourth-order valence-corrected chi connectivity index (χ4v) is 3.80. The van der Waals surface area contributed by atoms with Gasteiger partial charge in [-0.2, -0.15) is 4.98 Å². The van der Waals surface area contributed by atoms with Crippen LogP contribution in [0.5, 0.6) is 5.75 Å². The molecule has 8 nitrogen and oxygen atoms in total. The molecule has 0 radical (unpaired) electrons. The molecule has 2 aromatic rings. The predicted molar refractivity (Wildman–Crippen MR) is 104 cm³/mol. The second-order valence-electron chi connectivity index (χ2n) is 7.08. The Labute approximate surface area is 158 Å². The van der Waals surface area contributed by atoms with E-state index in [9.17, 15) is 9.90 Å². The summed E-state index contributed by atoms with van der Waals surface area (Å²) in [7, 11) is 0. The number of phenols is 1. The number of aromatic hydroxyl groups is 1. The lowest BCUT2D eigenvalue weighted by Crippen LogP contribution is -2.38. The van der Waals surface area contributed by atoms with Gasteiger partial charge in [-0.3, -0.25) is 4.79 Å². The van der Waals surface area contributed by atoms with Crippen molar-refractivity contribution >= 4 is 29.0 Å². The summed E-state index contributed by atoms with van der Waals surface area (Å²) in [6, 6.07) is 6.91. The molecule has 0 unspecified atom stereocenters. The highest BCUT2D eigenvalue weighted by molar-refractivity contribution is 5.95. The molecule has 27 heavy (non-hydrogen) atoms. The van der Waals surface area contributed by atoms with Crippen LogP contribution in [0, 0.1) is 0 Å². The van der Waals surface area contributed by atoms with E-state index >= 15 is 0 Å². The van der Waals surface area contributed by atoms with Crippen LogP contribution in [0.25, 0.3) is 0 Å². The number of hydrogen-bond donors (Lipinski definition) is 3. The summed E-state index contributed by atoms with van der Waals surface area (Å²) in [4.78, 5) is 23.4. The summed E-state index contributed by atoms with van der Waals surface area (Å²) in [6.07, 6.45) is 7.94. The van der Waals surface area contributed by atoms with Crippen molar-refractivity contribution in [3.05, 3.63) is 30.5 Å². The Morgan fingerprint density at radius 3 is 2.67 bits per heavy atom. The molecule has 0 spiro atoms. The van der Waals surface area contributed by atoms with Crippen LogP contribution in [0.2, 0.25) is 0 Å². The molecule has 1 aliphatic carbocycles. The highest BCUT2D eigenvalue weighted by Crippen LogP contribution is 2.34. The molecule has 1 amide bonds. The minimum absolute atomic E-state index is 0.0194. The fraction of sp³-hybridized carbons (Fsp3) is 0.421. The SMILES string of the molecule is NN(c1ccc(O)cc1)c1ncc2c(n1)N(C1CCCCC1)CCC(=O)N2. The van der Waals surface area contributed by atoms with Crippen LogP contribution in [0.15, 0.2) is 30.5 Å². The quantitative estimate of drug-likeness (QED) is 0.565. The lowest BCUT2D eigenvalue weighted by molar-refractivity contribution is -0.116. The largest absolute Gasteiger partial charge is 0.508 e. The zero-order valence-electron chi connectivity index (χ0n) is 15.1. The molecule has 1 aromatic heterocycles. The van der Waals surface area contributed by atoms with Crippen molar-refractivity contribution in [1.29, 1.82) is 0 Å². The molecule has 8 heteroatoms. The number of fused-ring (bicyclic) bond motifs is 1. The first kappa shape index (κ1) is 17.5. The highest BCUT2D eigenvalue weighted by Gasteiger charge is 2.29. The van der Waals surface area contributed by atoms with Crippen LogP contribution in [0.3, 0.4) is 0 Å². The number of phenolic OH excluding ortho intramolecular Hbond substituents is 1. The van der Waals surface area contributed by atoms with Crippen molar-refractivity contribution < 1.29 is 9.90 Å². The van der Waals surface area contributed by atoms with E-state index in [0.29, 0.717) is 36.3 Å². The lowest BCUT2D eigenvalue weighted by atomic mass is 9.94. The Bertz CT molecular complexity index is 819. The van der Waals surface area contributed by atoms with Crippen LogP contribution in [-0.4, -0.2) is 33.6 Å². The summed E-state index contributed by atoms with van der Waals surface area (Å²) >= 11 is 0. The summed E-state index contributed by atoms with van der Waals surface area (Å²) in [5.74, 6) is 7.43. The molecule has 0 saturated heterocycles. The number of amides is 1. The summed E-state index contributed by atoms with van der Waals surface area (Å²) < 4.78 is 0. The average molecular weight is 368 g/mol. The number of nitrogens with zero attached hydrogens (tertiary/aromatic N) is 4. The zero-order valence-corrected chi connectivity index (χ0v) is 15.1. The smallest absolute Gasteiger partial charge is 0.246 e. The van der Waals surface area contributed by atoms with Crippen molar-refractivity contribution in [3.8, 4) is 5.75 Å². The molecular weight excluding hydrogens is 344 g/mol. The van der Waals surface area contributed by atoms with Crippen molar-refractivity contribution in [2.75, 3.05) is 21.8 Å². The van der Waals surface area contributed by atoms with Gasteiger partial charge in [-0.05, 0) is 37.1 Å². The minimum Gasteiger partial charge on any atom is -0.508 e. The van der Waals surface area contributed by atoms with E-state index in [-0.39, 0.29) is 11.7 Å². The fourth-order valence-electron chi connectivity index (χ4n) is 3.80. The number of hydrazine groups is 1. The first-order chi connectivity index (χ1) is 13.1. The molecule has 0 atom stereocenters. The minimum atomic E-state index is -0.0194. The maximum atomic E-state index is 12.1.